The van der Waals surface area contributed by atoms with Gasteiger partial charge in [-0.05, 0) is 51.7 Å². The second-order valence-corrected chi connectivity index (χ2v) is 8.17. The third kappa shape index (κ3) is 2.88. The van der Waals surface area contributed by atoms with Gasteiger partial charge in [-0.3, -0.25) is 9.69 Å². The number of carbonyl (C=O) groups is 1. The highest BCUT2D eigenvalue weighted by atomic mass is 32.2. The summed E-state index contributed by atoms with van der Waals surface area (Å²) in [5, 5.41) is 1.25. The summed E-state index contributed by atoms with van der Waals surface area (Å²) in [7, 11) is 0. The van der Waals surface area contributed by atoms with Crippen molar-refractivity contribution < 1.29 is 4.79 Å². The second-order valence-electron chi connectivity index (χ2n) is 5.38. The van der Waals surface area contributed by atoms with Crippen LogP contribution >= 0.6 is 35.7 Å². The maximum Gasteiger partial charge on any atom is 0.266 e. The molecule has 0 N–H and O–H groups in total. The summed E-state index contributed by atoms with van der Waals surface area (Å²) < 4.78 is 0.668. The van der Waals surface area contributed by atoms with Crippen molar-refractivity contribution in [2.45, 2.75) is 39.5 Å². The lowest BCUT2D eigenvalue weighted by Gasteiger charge is -2.23. The first-order valence-corrected chi connectivity index (χ1v) is 9.82. The van der Waals surface area contributed by atoms with E-state index >= 15 is 0 Å². The molecule has 1 aliphatic carbocycles. The Balaban J connectivity index is 1.80. The molecule has 0 bridgehead atoms. The fourth-order valence-corrected chi connectivity index (χ4v) is 5.62. The Hall–Kier alpha value is -0.720. The molecule has 0 radical (unpaired) electrons. The molecule has 3 nitrogen and oxygen atoms in total. The number of thioether (sulfide) groups is 2. The summed E-state index contributed by atoms with van der Waals surface area (Å²) in [5.41, 5.74) is 1.50. The fraction of sp³-hybridized carbons (Fsp3) is 0.500. The van der Waals surface area contributed by atoms with Gasteiger partial charge in [0.15, 0.2) is 0 Å². The minimum atomic E-state index is 0.0399. The average molecular weight is 353 g/mol. The summed E-state index contributed by atoms with van der Waals surface area (Å²) in [6, 6.07) is 0. The molecule has 1 fully saturated rings. The second kappa shape index (κ2) is 6.81. The van der Waals surface area contributed by atoms with Crippen molar-refractivity contribution in [2.24, 2.45) is 0 Å². The molecule has 3 rings (SSSR count). The van der Waals surface area contributed by atoms with E-state index in [0.29, 0.717) is 10.9 Å². The fourth-order valence-electron chi connectivity index (χ4n) is 2.98. The standard InChI is InChI=1S/C16H20N2OS3/c1-3-17-11-7-5-6-8-12(11)21-14(17)10-9-13-15(19)18(4-2)16(20)22-13/h9-10H,3-8H2,1-2H3/b13-9+,14-10+. The Morgan fingerprint density at radius 2 is 1.82 bits per heavy atom. The third-order valence-electron chi connectivity index (χ3n) is 4.09. The van der Waals surface area contributed by atoms with Crippen molar-refractivity contribution >= 4 is 46.0 Å². The highest BCUT2D eigenvalue weighted by Crippen LogP contribution is 2.47. The largest absolute Gasteiger partial charge is 0.339 e. The average Bonchev–Trinajstić information content (AvgIpc) is 3.01. The van der Waals surface area contributed by atoms with E-state index in [1.807, 2.05) is 24.8 Å². The van der Waals surface area contributed by atoms with Crippen LogP contribution in [0.1, 0.15) is 39.5 Å². The van der Waals surface area contributed by atoms with Crippen LogP contribution in [0.3, 0.4) is 0 Å². The lowest BCUT2D eigenvalue weighted by Crippen LogP contribution is -2.27. The summed E-state index contributed by atoms with van der Waals surface area (Å²) >= 11 is 8.54. The first-order valence-electron chi connectivity index (χ1n) is 7.78. The van der Waals surface area contributed by atoms with E-state index in [1.165, 1.54) is 53.1 Å². The molecule has 0 saturated carbocycles. The molecular formula is C16H20N2OS3. The Morgan fingerprint density at radius 3 is 2.50 bits per heavy atom. The van der Waals surface area contributed by atoms with Crippen LogP contribution in [-0.2, 0) is 4.79 Å². The van der Waals surface area contributed by atoms with Crippen molar-refractivity contribution in [3.05, 3.63) is 32.7 Å². The van der Waals surface area contributed by atoms with Gasteiger partial charge >= 0.3 is 0 Å². The molecule has 3 aliphatic rings. The van der Waals surface area contributed by atoms with Crippen molar-refractivity contribution in [2.75, 3.05) is 13.1 Å². The first-order chi connectivity index (χ1) is 10.7. The van der Waals surface area contributed by atoms with Crippen LogP contribution in [-0.4, -0.2) is 33.1 Å². The number of likely N-dealkylation sites (N-methyl/N-ethyl adjacent to an activating group) is 1. The van der Waals surface area contributed by atoms with Crippen LogP contribution < -0.4 is 0 Å². The lowest BCUT2D eigenvalue weighted by molar-refractivity contribution is -0.122. The topological polar surface area (TPSA) is 23.6 Å². The molecule has 0 unspecified atom stereocenters. The van der Waals surface area contributed by atoms with Gasteiger partial charge in [-0.1, -0.05) is 35.7 Å². The van der Waals surface area contributed by atoms with Crippen molar-refractivity contribution in [1.29, 1.82) is 0 Å². The number of allylic oxidation sites excluding steroid dienone is 4. The summed E-state index contributed by atoms with van der Waals surface area (Å²) in [5.74, 6) is 0.0399. The summed E-state index contributed by atoms with van der Waals surface area (Å²) in [6.07, 6.45) is 9.01. The predicted molar refractivity (Wildman–Crippen MR) is 99.2 cm³/mol. The van der Waals surface area contributed by atoms with E-state index in [4.69, 9.17) is 12.2 Å². The van der Waals surface area contributed by atoms with Crippen molar-refractivity contribution in [3.63, 3.8) is 0 Å². The first kappa shape index (κ1) is 16.1. The Bertz CT molecular complexity index is 607. The molecule has 2 aliphatic heterocycles. The molecule has 2 heterocycles. The van der Waals surface area contributed by atoms with Crippen molar-refractivity contribution in [3.8, 4) is 0 Å². The normalized spacial score (nSPS) is 25.9. The van der Waals surface area contributed by atoms with Gasteiger partial charge in [-0.2, -0.15) is 0 Å². The quantitative estimate of drug-likeness (QED) is 0.552. The van der Waals surface area contributed by atoms with E-state index in [9.17, 15) is 4.79 Å². The minimum Gasteiger partial charge on any atom is -0.339 e. The van der Waals surface area contributed by atoms with Gasteiger partial charge in [0.05, 0.1) is 9.93 Å². The van der Waals surface area contributed by atoms with Gasteiger partial charge in [-0.25, -0.2) is 0 Å². The van der Waals surface area contributed by atoms with E-state index < -0.39 is 0 Å². The molecule has 0 aromatic rings. The van der Waals surface area contributed by atoms with Gasteiger partial charge < -0.3 is 4.90 Å². The zero-order chi connectivity index (χ0) is 15.7. The molecule has 1 amide bonds. The smallest absolute Gasteiger partial charge is 0.266 e. The van der Waals surface area contributed by atoms with Gasteiger partial charge in [0.2, 0.25) is 0 Å². The highest BCUT2D eigenvalue weighted by molar-refractivity contribution is 8.26. The molecule has 0 aromatic carbocycles. The number of thiocarbonyl (C=S) groups is 1. The monoisotopic (exact) mass is 352 g/mol. The third-order valence-corrected chi connectivity index (χ3v) is 6.74. The summed E-state index contributed by atoms with van der Waals surface area (Å²) in [4.78, 5) is 18.6. The highest BCUT2D eigenvalue weighted by Gasteiger charge is 2.31. The lowest BCUT2D eigenvalue weighted by atomic mass is 10.0. The van der Waals surface area contributed by atoms with Gasteiger partial charge in [-0.15, -0.1) is 0 Å². The molecule has 0 spiro atoms. The molecule has 0 atom stereocenters. The Kier molecular flexibility index (Phi) is 5.00. The van der Waals surface area contributed by atoms with Crippen molar-refractivity contribution in [1.82, 2.24) is 9.80 Å². The molecule has 1 saturated heterocycles. The molecule has 0 aromatic heterocycles. The predicted octanol–water partition coefficient (Wildman–Crippen LogP) is 4.45. The number of rotatable bonds is 3. The van der Waals surface area contributed by atoms with Gasteiger partial charge in [0.1, 0.15) is 4.32 Å². The van der Waals surface area contributed by atoms with Gasteiger partial charge in [0, 0.05) is 23.7 Å². The molecule has 6 heteroatoms. The van der Waals surface area contributed by atoms with Crippen LogP contribution in [0.25, 0.3) is 0 Å². The molecule has 118 valence electrons. The zero-order valence-corrected chi connectivity index (χ0v) is 15.4. The SMILES string of the molecule is CCN1C(=O)/C(=C\C=C2\SC3=C(CCCC3)N2CC)SC1=S. The van der Waals surface area contributed by atoms with Crippen LogP contribution in [0.5, 0.6) is 0 Å². The molecular weight excluding hydrogens is 332 g/mol. The number of amides is 1. The van der Waals surface area contributed by atoms with Crippen LogP contribution in [0.4, 0.5) is 0 Å². The van der Waals surface area contributed by atoms with E-state index in [1.54, 1.807) is 4.90 Å². The molecule has 22 heavy (non-hydrogen) atoms. The Labute approximate surface area is 145 Å². The maximum absolute atomic E-state index is 12.2. The van der Waals surface area contributed by atoms with Crippen LogP contribution in [0, 0.1) is 0 Å². The number of nitrogens with zero attached hydrogens (tertiary/aromatic N) is 2. The number of hydrogen-bond donors (Lipinski definition) is 0. The zero-order valence-electron chi connectivity index (χ0n) is 12.9. The van der Waals surface area contributed by atoms with Crippen LogP contribution in [0.15, 0.2) is 32.7 Å². The minimum absolute atomic E-state index is 0.0399. The maximum atomic E-state index is 12.2. The van der Waals surface area contributed by atoms with E-state index in [0.717, 1.165) is 11.4 Å². The number of hydrogen-bond acceptors (Lipinski definition) is 5. The van der Waals surface area contributed by atoms with E-state index in [-0.39, 0.29) is 5.91 Å². The van der Waals surface area contributed by atoms with Crippen LogP contribution in [0.2, 0.25) is 0 Å². The Morgan fingerprint density at radius 1 is 1.09 bits per heavy atom. The van der Waals surface area contributed by atoms with Gasteiger partial charge in [0.25, 0.3) is 5.91 Å². The summed E-state index contributed by atoms with van der Waals surface area (Å²) in [6.45, 7) is 5.77. The number of carbonyl (C=O) groups excluding carboxylic acids is 1. The van der Waals surface area contributed by atoms with E-state index in [2.05, 4.69) is 17.9 Å².